The van der Waals surface area contributed by atoms with Gasteiger partial charge in [-0.05, 0) is 41.9 Å². The molecule has 1 aliphatic heterocycles. The average molecular weight is 291 g/mol. The minimum Gasteiger partial charge on any atom is -0.392 e. The van der Waals surface area contributed by atoms with Gasteiger partial charge in [0, 0.05) is 10.2 Å². The van der Waals surface area contributed by atoms with Crippen molar-refractivity contribution in [2.75, 3.05) is 11.5 Å². The van der Waals surface area contributed by atoms with Crippen molar-refractivity contribution >= 4 is 27.7 Å². The molecule has 0 spiro atoms. The number of hydrogen-bond acceptors (Lipinski definition) is 2. The molecule has 1 aromatic carbocycles. The van der Waals surface area contributed by atoms with Crippen LogP contribution in [0.5, 0.6) is 0 Å². The highest BCUT2D eigenvalue weighted by molar-refractivity contribution is 9.10. The molecule has 1 saturated heterocycles. The number of benzene rings is 1. The van der Waals surface area contributed by atoms with Crippen molar-refractivity contribution in [3.05, 3.63) is 34.1 Å². The van der Waals surface area contributed by atoms with Gasteiger partial charge in [0.15, 0.2) is 0 Å². The largest absolute Gasteiger partial charge is 0.392 e. The Morgan fingerprint density at radius 3 is 2.80 bits per heavy atom. The maximum absolute atomic E-state index is 13.1. The fourth-order valence-electron chi connectivity index (χ4n) is 1.81. The zero-order valence-corrected chi connectivity index (χ0v) is 10.5. The van der Waals surface area contributed by atoms with E-state index in [-0.39, 0.29) is 17.8 Å². The van der Waals surface area contributed by atoms with Crippen LogP contribution in [0, 0.1) is 11.7 Å². The molecule has 2 rings (SSSR count). The summed E-state index contributed by atoms with van der Waals surface area (Å²) in [6.45, 7) is 0. The third-order valence-corrected chi connectivity index (χ3v) is 4.28. The van der Waals surface area contributed by atoms with Crippen LogP contribution >= 0.6 is 27.7 Å². The molecule has 0 amide bonds. The van der Waals surface area contributed by atoms with E-state index in [1.54, 1.807) is 17.8 Å². The summed E-state index contributed by atoms with van der Waals surface area (Å²) in [6, 6.07) is 4.91. The van der Waals surface area contributed by atoms with Crippen molar-refractivity contribution in [3.63, 3.8) is 0 Å². The summed E-state index contributed by atoms with van der Waals surface area (Å²) in [7, 11) is 0. The van der Waals surface area contributed by atoms with E-state index >= 15 is 0 Å². The molecule has 2 atom stereocenters. The number of rotatable bonds is 2. The summed E-state index contributed by atoms with van der Waals surface area (Å²) < 4.78 is 13.9. The molecule has 0 aliphatic carbocycles. The van der Waals surface area contributed by atoms with E-state index in [1.165, 1.54) is 6.07 Å². The van der Waals surface area contributed by atoms with Crippen LogP contribution in [0.25, 0.3) is 0 Å². The zero-order chi connectivity index (χ0) is 10.8. The van der Waals surface area contributed by atoms with Crippen molar-refractivity contribution in [3.8, 4) is 0 Å². The maximum Gasteiger partial charge on any atom is 0.124 e. The lowest BCUT2D eigenvalue weighted by Crippen LogP contribution is -2.19. The monoisotopic (exact) mass is 290 g/mol. The Hall–Kier alpha value is -0.0600. The van der Waals surface area contributed by atoms with Crippen LogP contribution < -0.4 is 0 Å². The second-order valence-corrected chi connectivity index (χ2v) is 5.84. The lowest BCUT2D eigenvalue weighted by Gasteiger charge is -2.13. The van der Waals surface area contributed by atoms with Crippen LogP contribution in [-0.2, 0) is 6.42 Å². The zero-order valence-electron chi connectivity index (χ0n) is 8.12. The highest BCUT2D eigenvalue weighted by Gasteiger charge is 2.25. The first-order chi connectivity index (χ1) is 7.15. The van der Waals surface area contributed by atoms with E-state index < -0.39 is 0 Å². The van der Waals surface area contributed by atoms with Crippen molar-refractivity contribution in [1.82, 2.24) is 0 Å². The van der Waals surface area contributed by atoms with Crippen molar-refractivity contribution < 1.29 is 9.50 Å². The molecule has 4 heteroatoms. The maximum atomic E-state index is 13.1. The smallest absolute Gasteiger partial charge is 0.124 e. The molecule has 0 radical (unpaired) electrons. The van der Waals surface area contributed by atoms with E-state index in [0.29, 0.717) is 0 Å². The van der Waals surface area contributed by atoms with E-state index in [1.807, 2.05) is 6.07 Å². The van der Waals surface area contributed by atoms with Gasteiger partial charge in [-0.2, -0.15) is 11.8 Å². The topological polar surface area (TPSA) is 20.2 Å². The second kappa shape index (κ2) is 4.85. The molecule has 0 saturated carbocycles. The van der Waals surface area contributed by atoms with Crippen molar-refractivity contribution in [2.45, 2.75) is 12.5 Å². The van der Waals surface area contributed by atoms with Gasteiger partial charge in [0.25, 0.3) is 0 Å². The normalized spacial score (nSPS) is 25.8. The van der Waals surface area contributed by atoms with Gasteiger partial charge < -0.3 is 5.11 Å². The first-order valence-corrected chi connectivity index (χ1v) is 6.80. The molecule has 1 aliphatic rings. The summed E-state index contributed by atoms with van der Waals surface area (Å²) in [4.78, 5) is 0. The minimum absolute atomic E-state index is 0.223. The summed E-state index contributed by atoms with van der Waals surface area (Å²) in [6.07, 6.45) is 0.516. The average Bonchev–Trinajstić information content (AvgIpc) is 2.50. The fraction of sp³-hybridized carbons (Fsp3) is 0.455. The molecule has 0 aromatic heterocycles. The van der Waals surface area contributed by atoms with Crippen LogP contribution in [-0.4, -0.2) is 22.7 Å². The Balaban J connectivity index is 2.10. The quantitative estimate of drug-likeness (QED) is 0.904. The first-order valence-electron chi connectivity index (χ1n) is 4.86. The Kier molecular flexibility index (Phi) is 3.69. The van der Waals surface area contributed by atoms with Gasteiger partial charge in [-0.25, -0.2) is 4.39 Å². The van der Waals surface area contributed by atoms with E-state index in [9.17, 15) is 9.50 Å². The summed E-state index contributed by atoms with van der Waals surface area (Å²) in [5.74, 6) is 1.82. The molecule has 1 aromatic rings. The molecule has 2 unspecified atom stereocenters. The number of halogens is 2. The Bertz CT molecular complexity index is 338. The van der Waals surface area contributed by atoms with Gasteiger partial charge in [-0.1, -0.05) is 15.9 Å². The van der Waals surface area contributed by atoms with Crippen LogP contribution in [0.3, 0.4) is 0 Å². The van der Waals surface area contributed by atoms with Crippen LogP contribution in [0.2, 0.25) is 0 Å². The lowest BCUT2D eigenvalue weighted by atomic mass is 9.97. The molecular formula is C11H12BrFOS. The third kappa shape index (κ3) is 2.95. The highest BCUT2D eigenvalue weighted by atomic mass is 79.9. The molecule has 1 fully saturated rings. The van der Waals surface area contributed by atoms with E-state index in [0.717, 1.165) is 28.0 Å². The minimum atomic E-state index is -0.239. The summed E-state index contributed by atoms with van der Waals surface area (Å²) in [5, 5.41) is 9.66. The molecule has 1 N–H and O–H groups in total. The Morgan fingerprint density at radius 2 is 2.20 bits per heavy atom. The molecule has 0 bridgehead atoms. The molecule has 15 heavy (non-hydrogen) atoms. The summed E-state index contributed by atoms with van der Waals surface area (Å²) >= 11 is 5.03. The molecule has 82 valence electrons. The van der Waals surface area contributed by atoms with Crippen molar-refractivity contribution in [2.24, 2.45) is 5.92 Å². The SMILES string of the molecule is OC1CSCC1Cc1cc(F)cc(Br)c1. The van der Waals surface area contributed by atoms with Gasteiger partial charge in [-0.15, -0.1) is 0 Å². The predicted octanol–water partition coefficient (Wildman–Crippen LogP) is 2.85. The standard InChI is InChI=1S/C11H12BrFOS/c12-9-2-7(3-10(13)4-9)1-8-5-15-6-11(8)14/h2-4,8,11,14H,1,5-6H2. The molecular weight excluding hydrogens is 279 g/mol. The Morgan fingerprint density at radius 1 is 1.40 bits per heavy atom. The van der Waals surface area contributed by atoms with Gasteiger partial charge in [-0.3, -0.25) is 0 Å². The first kappa shape index (κ1) is 11.4. The summed E-state index contributed by atoms with van der Waals surface area (Å²) in [5.41, 5.74) is 0.952. The molecule has 1 nitrogen and oxygen atoms in total. The Labute approximate surface area is 101 Å². The van der Waals surface area contributed by atoms with Gasteiger partial charge in [0.05, 0.1) is 6.10 Å². The highest BCUT2D eigenvalue weighted by Crippen LogP contribution is 2.28. The van der Waals surface area contributed by atoms with E-state index in [4.69, 9.17) is 0 Å². The number of aliphatic hydroxyl groups is 1. The fourth-order valence-corrected chi connectivity index (χ4v) is 3.62. The number of hydrogen-bond donors (Lipinski definition) is 1. The molecule has 1 heterocycles. The predicted molar refractivity (Wildman–Crippen MR) is 64.6 cm³/mol. The second-order valence-electron chi connectivity index (χ2n) is 3.85. The lowest BCUT2D eigenvalue weighted by molar-refractivity contribution is 0.150. The van der Waals surface area contributed by atoms with Gasteiger partial charge in [0.1, 0.15) is 5.82 Å². The van der Waals surface area contributed by atoms with Crippen LogP contribution in [0.1, 0.15) is 5.56 Å². The number of aliphatic hydroxyl groups excluding tert-OH is 1. The van der Waals surface area contributed by atoms with Gasteiger partial charge >= 0.3 is 0 Å². The van der Waals surface area contributed by atoms with E-state index in [2.05, 4.69) is 15.9 Å². The van der Waals surface area contributed by atoms with Crippen LogP contribution in [0.4, 0.5) is 4.39 Å². The van der Waals surface area contributed by atoms with Crippen molar-refractivity contribution in [1.29, 1.82) is 0 Å². The third-order valence-electron chi connectivity index (χ3n) is 2.58. The van der Waals surface area contributed by atoms with Crippen LogP contribution in [0.15, 0.2) is 22.7 Å². The van der Waals surface area contributed by atoms with Gasteiger partial charge in [0.2, 0.25) is 0 Å². The number of thioether (sulfide) groups is 1.